The first-order chi connectivity index (χ1) is 9.80. The average Bonchev–Trinajstić information content (AvgIpc) is 2.36. The molecule has 0 spiro atoms. The van der Waals surface area contributed by atoms with Crippen molar-refractivity contribution in [2.75, 3.05) is 6.54 Å². The van der Waals surface area contributed by atoms with E-state index >= 15 is 0 Å². The average molecular weight is 298 g/mol. The first kappa shape index (κ1) is 18.3. The number of carbonyl (C=O) groups is 1. The summed E-state index contributed by atoms with van der Waals surface area (Å²) in [5.74, 6) is 0.936. The Labute approximate surface area is 130 Å². The van der Waals surface area contributed by atoms with E-state index in [1.54, 1.807) is 0 Å². The normalized spacial score (nSPS) is 24.4. The molecule has 1 atom stereocenters. The number of rotatable bonds is 6. The molecule has 4 nitrogen and oxygen atoms in total. The standard InChI is InChI=1S/C17H34N2O2/c1-6-7-14-8-10-15(11-9-14)18-12-13(2)19-16(20)21-17(3,4)5/h13-15,18H,6-12H2,1-5H3,(H,19,20). The van der Waals surface area contributed by atoms with Gasteiger partial charge in [0.15, 0.2) is 0 Å². The summed E-state index contributed by atoms with van der Waals surface area (Å²) >= 11 is 0. The maximum Gasteiger partial charge on any atom is 0.407 e. The summed E-state index contributed by atoms with van der Waals surface area (Å²) in [5.41, 5.74) is -0.436. The van der Waals surface area contributed by atoms with Crippen LogP contribution in [0.4, 0.5) is 4.79 Å². The molecular formula is C17H34N2O2. The molecule has 1 aliphatic carbocycles. The molecule has 124 valence electrons. The van der Waals surface area contributed by atoms with Gasteiger partial charge in [0.1, 0.15) is 5.60 Å². The van der Waals surface area contributed by atoms with Gasteiger partial charge in [-0.15, -0.1) is 0 Å². The van der Waals surface area contributed by atoms with Gasteiger partial charge in [-0.1, -0.05) is 19.8 Å². The predicted molar refractivity (Wildman–Crippen MR) is 87.5 cm³/mol. The van der Waals surface area contributed by atoms with E-state index < -0.39 is 5.60 Å². The van der Waals surface area contributed by atoms with Gasteiger partial charge in [-0.05, 0) is 59.3 Å². The Morgan fingerprint density at radius 1 is 1.24 bits per heavy atom. The second kappa shape index (κ2) is 8.62. The minimum atomic E-state index is -0.436. The minimum Gasteiger partial charge on any atom is -0.444 e. The number of ether oxygens (including phenoxy) is 1. The van der Waals surface area contributed by atoms with Crippen molar-refractivity contribution in [3.05, 3.63) is 0 Å². The van der Waals surface area contributed by atoms with Crippen LogP contribution in [-0.2, 0) is 4.74 Å². The predicted octanol–water partition coefficient (Wildman–Crippen LogP) is 3.85. The molecule has 0 aromatic carbocycles. The number of nitrogens with one attached hydrogen (secondary N) is 2. The van der Waals surface area contributed by atoms with Gasteiger partial charge in [0, 0.05) is 18.6 Å². The third-order valence-electron chi connectivity index (χ3n) is 4.02. The lowest BCUT2D eigenvalue weighted by atomic mass is 9.83. The van der Waals surface area contributed by atoms with Crippen molar-refractivity contribution < 1.29 is 9.53 Å². The van der Waals surface area contributed by atoms with Crippen LogP contribution < -0.4 is 10.6 Å². The van der Waals surface area contributed by atoms with Crippen LogP contribution in [0.15, 0.2) is 0 Å². The molecule has 1 amide bonds. The van der Waals surface area contributed by atoms with Crippen molar-refractivity contribution >= 4 is 6.09 Å². The van der Waals surface area contributed by atoms with Crippen LogP contribution in [0.5, 0.6) is 0 Å². The molecule has 0 radical (unpaired) electrons. The van der Waals surface area contributed by atoms with Crippen molar-refractivity contribution in [3.8, 4) is 0 Å². The van der Waals surface area contributed by atoms with Crippen molar-refractivity contribution in [2.45, 2.75) is 90.8 Å². The molecule has 0 aromatic rings. The largest absolute Gasteiger partial charge is 0.444 e. The number of amides is 1. The summed E-state index contributed by atoms with van der Waals surface area (Å²) in [4.78, 5) is 11.7. The zero-order valence-corrected chi connectivity index (χ0v) is 14.5. The number of hydrogen-bond donors (Lipinski definition) is 2. The van der Waals surface area contributed by atoms with Crippen LogP contribution in [0.1, 0.15) is 73.1 Å². The van der Waals surface area contributed by atoms with E-state index in [1.807, 2.05) is 27.7 Å². The lowest BCUT2D eigenvalue weighted by Crippen LogP contribution is -2.45. The minimum absolute atomic E-state index is 0.0909. The molecule has 4 heteroatoms. The van der Waals surface area contributed by atoms with Gasteiger partial charge >= 0.3 is 6.09 Å². The molecule has 0 heterocycles. The summed E-state index contributed by atoms with van der Waals surface area (Å²) < 4.78 is 5.26. The molecular weight excluding hydrogens is 264 g/mol. The highest BCUT2D eigenvalue weighted by Gasteiger charge is 2.21. The molecule has 0 aromatic heterocycles. The van der Waals surface area contributed by atoms with Crippen molar-refractivity contribution in [1.29, 1.82) is 0 Å². The van der Waals surface area contributed by atoms with Crippen LogP contribution in [-0.4, -0.2) is 30.3 Å². The lowest BCUT2D eigenvalue weighted by Gasteiger charge is -2.30. The molecule has 0 aliphatic heterocycles. The first-order valence-corrected chi connectivity index (χ1v) is 8.53. The van der Waals surface area contributed by atoms with Gasteiger partial charge in [0.2, 0.25) is 0 Å². The van der Waals surface area contributed by atoms with Gasteiger partial charge in [-0.2, -0.15) is 0 Å². The van der Waals surface area contributed by atoms with Crippen molar-refractivity contribution in [2.24, 2.45) is 5.92 Å². The second-order valence-corrected chi connectivity index (χ2v) is 7.46. The maximum absolute atomic E-state index is 11.7. The Hall–Kier alpha value is -0.770. The summed E-state index contributed by atoms with van der Waals surface area (Å²) in [6.07, 6.45) is 7.58. The maximum atomic E-state index is 11.7. The van der Waals surface area contributed by atoms with E-state index in [0.717, 1.165) is 12.5 Å². The Bertz CT molecular complexity index is 304. The topological polar surface area (TPSA) is 50.4 Å². The summed E-state index contributed by atoms with van der Waals surface area (Å²) in [6.45, 7) is 10.7. The number of carbonyl (C=O) groups excluding carboxylic acids is 1. The Balaban J connectivity index is 2.16. The van der Waals surface area contributed by atoms with Gasteiger partial charge in [0.25, 0.3) is 0 Å². The van der Waals surface area contributed by atoms with Gasteiger partial charge in [-0.25, -0.2) is 4.79 Å². The molecule has 0 bridgehead atoms. The van der Waals surface area contributed by atoms with E-state index in [4.69, 9.17) is 4.74 Å². The van der Waals surface area contributed by atoms with E-state index in [0.29, 0.717) is 6.04 Å². The fourth-order valence-electron chi connectivity index (χ4n) is 2.97. The van der Waals surface area contributed by atoms with E-state index in [1.165, 1.54) is 38.5 Å². The zero-order chi connectivity index (χ0) is 15.9. The number of hydrogen-bond acceptors (Lipinski definition) is 3. The molecule has 1 rings (SSSR count). The molecule has 1 aliphatic rings. The van der Waals surface area contributed by atoms with E-state index in [-0.39, 0.29) is 12.1 Å². The molecule has 21 heavy (non-hydrogen) atoms. The zero-order valence-electron chi connectivity index (χ0n) is 14.5. The summed E-state index contributed by atoms with van der Waals surface area (Å²) in [7, 11) is 0. The quantitative estimate of drug-likeness (QED) is 0.783. The molecule has 2 N–H and O–H groups in total. The van der Waals surface area contributed by atoms with Crippen molar-refractivity contribution in [1.82, 2.24) is 10.6 Å². The molecule has 1 saturated carbocycles. The van der Waals surface area contributed by atoms with Gasteiger partial charge in [-0.3, -0.25) is 0 Å². The summed E-state index contributed by atoms with van der Waals surface area (Å²) in [5, 5.41) is 6.46. The first-order valence-electron chi connectivity index (χ1n) is 8.53. The molecule has 1 unspecified atom stereocenters. The van der Waals surface area contributed by atoms with Crippen LogP contribution >= 0.6 is 0 Å². The lowest BCUT2D eigenvalue weighted by molar-refractivity contribution is 0.0507. The number of alkyl carbamates (subject to hydrolysis) is 1. The Morgan fingerprint density at radius 2 is 1.86 bits per heavy atom. The highest BCUT2D eigenvalue weighted by molar-refractivity contribution is 5.68. The highest BCUT2D eigenvalue weighted by atomic mass is 16.6. The van der Waals surface area contributed by atoms with Crippen molar-refractivity contribution in [3.63, 3.8) is 0 Å². The Morgan fingerprint density at radius 3 is 2.38 bits per heavy atom. The smallest absolute Gasteiger partial charge is 0.407 e. The van der Waals surface area contributed by atoms with Crippen LogP contribution in [0.3, 0.4) is 0 Å². The summed E-state index contributed by atoms with van der Waals surface area (Å²) in [6, 6.07) is 0.703. The van der Waals surface area contributed by atoms with E-state index in [2.05, 4.69) is 17.6 Å². The van der Waals surface area contributed by atoms with Crippen LogP contribution in [0.2, 0.25) is 0 Å². The van der Waals surface area contributed by atoms with Gasteiger partial charge < -0.3 is 15.4 Å². The third kappa shape index (κ3) is 8.30. The van der Waals surface area contributed by atoms with Gasteiger partial charge in [0.05, 0.1) is 0 Å². The third-order valence-corrected chi connectivity index (χ3v) is 4.02. The Kier molecular flexibility index (Phi) is 7.50. The van der Waals surface area contributed by atoms with Crippen LogP contribution in [0, 0.1) is 5.92 Å². The molecule has 0 saturated heterocycles. The fourth-order valence-corrected chi connectivity index (χ4v) is 2.97. The molecule has 1 fully saturated rings. The SMILES string of the molecule is CCCC1CCC(NCC(C)NC(=O)OC(C)(C)C)CC1. The second-order valence-electron chi connectivity index (χ2n) is 7.46. The fraction of sp³-hybridized carbons (Fsp3) is 0.941. The van der Waals surface area contributed by atoms with Crippen LogP contribution in [0.25, 0.3) is 0 Å². The highest BCUT2D eigenvalue weighted by Crippen LogP contribution is 2.27. The van der Waals surface area contributed by atoms with E-state index in [9.17, 15) is 4.79 Å². The monoisotopic (exact) mass is 298 g/mol.